The number of benzene rings is 1. The first-order valence-corrected chi connectivity index (χ1v) is 17.8. The third-order valence-corrected chi connectivity index (χ3v) is 9.81. The summed E-state index contributed by atoms with van der Waals surface area (Å²) in [6, 6.07) is 1.40. The van der Waals surface area contributed by atoms with Crippen molar-refractivity contribution in [2.75, 3.05) is 13.1 Å². The summed E-state index contributed by atoms with van der Waals surface area (Å²) in [6.07, 6.45) is 5.69. The molecule has 9 N–H and O–H groups in total. The SMILES string of the molecule is CC(C)(O)c1cnnn1[C@H]1C[C@@H](C(=O)NC(CCCCNC(=O)O)C(=O)C(N)=O)N(C(=O)C(CC2CCCCC2)NC(=O)c2ccc(C(N)=O)cc2)C1. The third kappa shape index (κ3) is 10.8. The van der Waals surface area contributed by atoms with Crippen LogP contribution in [-0.4, -0.2) is 103 Å². The zero-order valence-corrected chi connectivity index (χ0v) is 30.0. The lowest BCUT2D eigenvalue weighted by Crippen LogP contribution is -2.56. The van der Waals surface area contributed by atoms with Gasteiger partial charge in [-0.2, -0.15) is 0 Å². The number of carbonyl (C=O) groups excluding carboxylic acids is 6. The fraction of sp³-hybridized carbons (Fsp3) is 0.571. The van der Waals surface area contributed by atoms with E-state index in [9.17, 15) is 38.7 Å². The van der Waals surface area contributed by atoms with Crippen LogP contribution in [0.4, 0.5) is 4.79 Å². The molecule has 2 aromatic rings. The zero-order valence-electron chi connectivity index (χ0n) is 30.0. The van der Waals surface area contributed by atoms with Gasteiger partial charge in [-0.25, -0.2) is 9.48 Å². The predicted molar refractivity (Wildman–Crippen MR) is 188 cm³/mol. The molecule has 18 nitrogen and oxygen atoms in total. The molecule has 18 heteroatoms. The van der Waals surface area contributed by atoms with E-state index in [-0.39, 0.29) is 49.4 Å². The fourth-order valence-corrected chi connectivity index (χ4v) is 7.02. The Hall–Kier alpha value is -5.39. The van der Waals surface area contributed by atoms with Crippen LogP contribution in [0.5, 0.6) is 0 Å². The summed E-state index contributed by atoms with van der Waals surface area (Å²) >= 11 is 0. The molecule has 53 heavy (non-hydrogen) atoms. The molecule has 1 aromatic carbocycles. The molecule has 4 rings (SSSR count). The van der Waals surface area contributed by atoms with E-state index in [1.54, 1.807) is 13.8 Å². The van der Waals surface area contributed by atoms with Crippen LogP contribution in [0.15, 0.2) is 30.5 Å². The van der Waals surface area contributed by atoms with E-state index in [4.69, 9.17) is 16.6 Å². The number of hydrogen-bond donors (Lipinski definition) is 7. The summed E-state index contributed by atoms with van der Waals surface area (Å²) in [6.45, 7) is 3.10. The molecule has 1 saturated heterocycles. The Bertz CT molecular complexity index is 1670. The lowest BCUT2D eigenvalue weighted by Gasteiger charge is -2.32. The Morgan fingerprint density at radius 2 is 1.60 bits per heavy atom. The Balaban J connectivity index is 1.65. The van der Waals surface area contributed by atoms with Gasteiger partial charge in [-0.05, 0) is 69.7 Å². The maximum absolute atomic E-state index is 14.6. The number of rotatable bonds is 17. The van der Waals surface area contributed by atoms with E-state index < -0.39 is 71.2 Å². The number of likely N-dealkylation sites (tertiary alicyclic amines) is 1. The molecule has 6 amide bonds. The first-order valence-electron chi connectivity index (χ1n) is 17.8. The first kappa shape index (κ1) is 40.4. The highest BCUT2D eigenvalue weighted by Crippen LogP contribution is 2.33. The standard InChI is InChI=1S/C35H49N9O9/c1-35(2,53)27-18-39-42-44(27)23-17-26(32(49)40-24(28(45)30(37)47)10-6-7-15-38-34(51)52)43(19-23)33(50)25(16-20-8-4-3-5-9-20)41-31(48)22-13-11-21(12-14-22)29(36)46/h11-14,18,20,23-26,38,53H,3-10,15-17,19H2,1-2H3,(H2,36,46)(H2,37,47)(H,40,49)(H,41,48)(H,51,52)/t23-,24?,25?,26-/m0/s1. The second-order valence-corrected chi connectivity index (χ2v) is 14.2. The molecule has 1 aromatic heterocycles. The average Bonchev–Trinajstić information content (AvgIpc) is 3.79. The van der Waals surface area contributed by atoms with Crippen molar-refractivity contribution in [1.82, 2.24) is 35.8 Å². The lowest BCUT2D eigenvalue weighted by atomic mass is 9.84. The van der Waals surface area contributed by atoms with Crippen molar-refractivity contribution >= 4 is 41.4 Å². The Morgan fingerprint density at radius 1 is 0.943 bits per heavy atom. The predicted octanol–water partition coefficient (Wildman–Crippen LogP) is 0.493. The number of ketones is 1. The summed E-state index contributed by atoms with van der Waals surface area (Å²) in [5, 5.41) is 35.4. The summed E-state index contributed by atoms with van der Waals surface area (Å²) in [7, 11) is 0. The van der Waals surface area contributed by atoms with Gasteiger partial charge >= 0.3 is 6.09 Å². The van der Waals surface area contributed by atoms with Crippen molar-refractivity contribution in [1.29, 1.82) is 0 Å². The van der Waals surface area contributed by atoms with E-state index >= 15 is 0 Å². The number of nitrogens with one attached hydrogen (secondary N) is 3. The van der Waals surface area contributed by atoms with Crippen molar-refractivity contribution in [2.45, 2.75) is 108 Å². The quantitative estimate of drug-likeness (QED) is 0.0866. The highest BCUT2D eigenvalue weighted by Gasteiger charge is 2.45. The van der Waals surface area contributed by atoms with E-state index in [1.165, 1.54) is 40.0 Å². The highest BCUT2D eigenvalue weighted by molar-refractivity contribution is 6.37. The van der Waals surface area contributed by atoms with Gasteiger partial charge in [0.2, 0.25) is 23.5 Å². The number of nitrogens with zero attached hydrogens (tertiary/aromatic N) is 4. The molecular formula is C35H49N9O9. The van der Waals surface area contributed by atoms with Crippen LogP contribution in [0.25, 0.3) is 0 Å². The van der Waals surface area contributed by atoms with Crippen molar-refractivity contribution in [3.8, 4) is 0 Å². The van der Waals surface area contributed by atoms with Gasteiger partial charge in [0, 0.05) is 30.6 Å². The van der Waals surface area contributed by atoms with Crippen molar-refractivity contribution in [3.63, 3.8) is 0 Å². The second-order valence-electron chi connectivity index (χ2n) is 14.2. The number of amides is 6. The Labute approximate surface area is 306 Å². The van der Waals surface area contributed by atoms with Gasteiger partial charge in [0.15, 0.2) is 0 Å². The number of Topliss-reactive ketones (excluding diaryl/α,β-unsaturated/α-hetero) is 1. The average molecular weight is 740 g/mol. The van der Waals surface area contributed by atoms with Crippen LogP contribution in [0, 0.1) is 5.92 Å². The molecule has 0 radical (unpaired) electrons. The maximum atomic E-state index is 14.6. The molecule has 2 heterocycles. The van der Waals surface area contributed by atoms with Crippen LogP contribution in [0.3, 0.4) is 0 Å². The number of nitrogens with two attached hydrogens (primary N) is 2. The van der Waals surface area contributed by atoms with Gasteiger partial charge in [-0.1, -0.05) is 37.3 Å². The fourth-order valence-electron chi connectivity index (χ4n) is 7.02. The molecule has 288 valence electrons. The summed E-state index contributed by atoms with van der Waals surface area (Å²) < 4.78 is 1.45. The number of primary amides is 2. The van der Waals surface area contributed by atoms with Crippen LogP contribution in [0.2, 0.25) is 0 Å². The molecule has 0 spiro atoms. The van der Waals surface area contributed by atoms with Gasteiger partial charge in [-0.15, -0.1) is 5.10 Å². The van der Waals surface area contributed by atoms with Crippen molar-refractivity contribution in [2.24, 2.45) is 17.4 Å². The van der Waals surface area contributed by atoms with Crippen LogP contribution >= 0.6 is 0 Å². The minimum atomic E-state index is -1.38. The van der Waals surface area contributed by atoms with Crippen LogP contribution in [0.1, 0.15) is 111 Å². The lowest BCUT2D eigenvalue weighted by molar-refractivity contribution is -0.142. The summed E-state index contributed by atoms with van der Waals surface area (Å²) in [4.78, 5) is 90.8. The van der Waals surface area contributed by atoms with Gasteiger partial charge < -0.3 is 42.5 Å². The van der Waals surface area contributed by atoms with Crippen LogP contribution in [-0.2, 0) is 24.8 Å². The topological polar surface area (TPSA) is 282 Å². The molecule has 2 aliphatic rings. The largest absolute Gasteiger partial charge is 0.465 e. The number of aromatic nitrogens is 3. The van der Waals surface area contributed by atoms with Crippen LogP contribution < -0.4 is 27.4 Å². The number of carboxylic acid groups (broad SMARTS) is 1. The second kappa shape index (κ2) is 17.9. The number of aliphatic hydroxyl groups is 1. The Kier molecular flexibility index (Phi) is 13.6. The molecule has 1 aliphatic heterocycles. The minimum absolute atomic E-state index is 0.0112. The van der Waals surface area contributed by atoms with Gasteiger partial charge in [-0.3, -0.25) is 28.8 Å². The molecular weight excluding hydrogens is 690 g/mol. The number of unbranched alkanes of at least 4 members (excludes halogenated alkanes) is 1. The van der Waals surface area contributed by atoms with E-state index in [2.05, 4.69) is 26.3 Å². The molecule has 1 saturated carbocycles. The number of hydrogen-bond acceptors (Lipinski definition) is 10. The first-order chi connectivity index (χ1) is 25.1. The van der Waals surface area contributed by atoms with E-state index in [1.807, 2.05) is 0 Å². The van der Waals surface area contributed by atoms with Gasteiger partial charge in [0.25, 0.3) is 11.8 Å². The third-order valence-electron chi connectivity index (χ3n) is 9.81. The molecule has 2 unspecified atom stereocenters. The number of carbonyl (C=O) groups is 7. The molecule has 1 aliphatic carbocycles. The molecule has 4 atom stereocenters. The van der Waals surface area contributed by atoms with E-state index in [0.29, 0.717) is 18.5 Å². The summed E-state index contributed by atoms with van der Waals surface area (Å²) in [5.41, 5.74) is 10.00. The normalized spacial score (nSPS) is 18.8. The highest BCUT2D eigenvalue weighted by atomic mass is 16.4. The zero-order chi connectivity index (χ0) is 38.9. The van der Waals surface area contributed by atoms with Gasteiger partial charge in [0.1, 0.15) is 17.7 Å². The van der Waals surface area contributed by atoms with E-state index in [0.717, 1.165) is 32.1 Å². The van der Waals surface area contributed by atoms with Gasteiger partial charge in [0.05, 0.1) is 24.0 Å². The Morgan fingerprint density at radius 3 is 2.21 bits per heavy atom. The smallest absolute Gasteiger partial charge is 0.404 e. The maximum Gasteiger partial charge on any atom is 0.404 e. The molecule has 2 fully saturated rings. The van der Waals surface area contributed by atoms with Crippen molar-refractivity contribution < 1.29 is 43.8 Å². The monoisotopic (exact) mass is 739 g/mol. The minimum Gasteiger partial charge on any atom is -0.465 e. The van der Waals surface area contributed by atoms with Crippen molar-refractivity contribution in [3.05, 3.63) is 47.3 Å². The summed E-state index contributed by atoms with van der Waals surface area (Å²) in [5.74, 6) is -4.75. The molecule has 0 bridgehead atoms.